The Labute approximate surface area is 73.3 Å². The molecular formula is C8H12O3S. The van der Waals surface area contributed by atoms with Crippen molar-refractivity contribution in [2.45, 2.75) is 4.90 Å². The van der Waals surface area contributed by atoms with Gasteiger partial charge in [0.15, 0.2) is 0 Å². The lowest BCUT2D eigenvalue weighted by atomic mass is 10.3. The Morgan fingerprint density at radius 1 is 1.17 bits per heavy atom. The molecule has 2 N–H and O–H groups in total. The summed E-state index contributed by atoms with van der Waals surface area (Å²) in [5, 5.41) is 0. The third-order valence-electron chi connectivity index (χ3n) is 1.51. The van der Waals surface area contributed by atoms with Crippen LogP contribution >= 0.6 is 10.6 Å². The largest absolute Gasteiger partial charge is 0.497 e. The van der Waals surface area contributed by atoms with Crippen LogP contribution in [0.3, 0.4) is 0 Å². The molecule has 0 bridgehead atoms. The molecule has 1 aromatic carbocycles. The van der Waals surface area contributed by atoms with Gasteiger partial charge < -0.3 is 4.74 Å². The van der Waals surface area contributed by atoms with Crippen LogP contribution in [0.1, 0.15) is 0 Å². The van der Waals surface area contributed by atoms with E-state index in [1.54, 1.807) is 31.4 Å². The third-order valence-corrected chi connectivity index (χ3v) is 2.67. The molecule has 0 aliphatic heterocycles. The summed E-state index contributed by atoms with van der Waals surface area (Å²) in [5.74, 6) is 0.711. The molecule has 0 aliphatic rings. The van der Waals surface area contributed by atoms with Crippen LogP contribution in [0.25, 0.3) is 0 Å². The highest BCUT2D eigenvalue weighted by Gasteiger charge is 2.07. The molecular weight excluding hydrogens is 176 g/mol. The first kappa shape index (κ1) is 9.38. The maximum absolute atomic E-state index is 9.25. The first-order valence-corrected chi connectivity index (χ1v) is 5.37. The topological polar surface area (TPSA) is 49.7 Å². The maximum Gasteiger partial charge on any atom is 0.118 e. The molecule has 0 fully saturated rings. The fraction of sp³-hybridized carbons (Fsp3) is 0.250. The molecule has 0 amide bonds. The molecule has 3 nitrogen and oxygen atoms in total. The number of ether oxygens (including phenoxy) is 1. The summed E-state index contributed by atoms with van der Waals surface area (Å²) in [4.78, 5) is 0.531. The molecule has 4 heteroatoms. The Kier molecular flexibility index (Phi) is 2.62. The second kappa shape index (κ2) is 3.35. The Hall–Kier alpha value is -0.710. The minimum absolute atomic E-state index is 0.531. The van der Waals surface area contributed by atoms with E-state index in [2.05, 4.69) is 0 Å². The molecule has 1 rings (SSSR count). The van der Waals surface area contributed by atoms with Crippen LogP contribution in [0.4, 0.5) is 0 Å². The van der Waals surface area contributed by atoms with Gasteiger partial charge in [-0.15, -0.1) is 0 Å². The van der Waals surface area contributed by atoms with Crippen molar-refractivity contribution in [3.05, 3.63) is 24.3 Å². The van der Waals surface area contributed by atoms with Crippen molar-refractivity contribution in [3.63, 3.8) is 0 Å². The molecule has 0 radical (unpaired) electrons. The Morgan fingerprint density at radius 3 is 2.00 bits per heavy atom. The quantitative estimate of drug-likeness (QED) is 0.749. The standard InChI is InChI=1S/C8H12O3S/c1-11-7-3-5-8(6-4-7)12(2,9)10/h3-6,9-10H,1-2H3. The van der Waals surface area contributed by atoms with Crippen LogP contribution in [0.5, 0.6) is 5.75 Å². The summed E-state index contributed by atoms with van der Waals surface area (Å²) in [6.45, 7) is 0. The number of rotatable bonds is 2. The predicted molar refractivity (Wildman–Crippen MR) is 50.0 cm³/mol. The molecule has 0 saturated carbocycles. The van der Waals surface area contributed by atoms with Crippen LogP contribution in [0, 0.1) is 0 Å². The highest BCUT2D eigenvalue weighted by atomic mass is 32.3. The van der Waals surface area contributed by atoms with Crippen LogP contribution in [0.15, 0.2) is 29.2 Å². The van der Waals surface area contributed by atoms with Crippen LogP contribution in [0.2, 0.25) is 0 Å². The molecule has 0 spiro atoms. The second-order valence-electron chi connectivity index (χ2n) is 2.51. The van der Waals surface area contributed by atoms with Crippen molar-refractivity contribution in [2.75, 3.05) is 13.4 Å². The molecule has 0 heterocycles. The van der Waals surface area contributed by atoms with E-state index in [-0.39, 0.29) is 0 Å². The SMILES string of the molecule is COc1ccc(S(C)(O)O)cc1. The average molecular weight is 188 g/mol. The van der Waals surface area contributed by atoms with Gasteiger partial charge in [0, 0.05) is 6.26 Å². The number of hydrogen-bond acceptors (Lipinski definition) is 3. The number of benzene rings is 1. The second-order valence-corrected chi connectivity index (χ2v) is 4.65. The van der Waals surface area contributed by atoms with E-state index in [9.17, 15) is 9.11 Å². The predicted octanol–water partition coefficient (Wildman–Crippen LogP) is 2.43. The van der Waals surface area contributed by atoms with Gasteiger partial charge in [0.05, 0.1) is 12.0 Å². The molecule has 0 aliphatic carbocycles. The average Bonchev–Trinajstić information content (AvgIpc) is 2.03. The minimum atomic E-state index is -2.58. The highest BCUT2D eigenvalue weighted by molar-refractivity contribution is 8.23. The fourth-order valence-corrected chi connectivity index (χ4v) is 1.49. The van der Waals surface area contributed by atoms with Gasteiger partial charge in [0.1, 0.15) is 5.75 Å². The van der Waals surface area contributed by atoms with Crippen LogP contribution in [-0.2, 0) is 0 Å². The molecule has 0 atom stereocenters. The summed E-state index contributed by atoms with van der Waals surface area (Å²) in [7, 11) is -1.01. The lowest BCUT2D eigenvalue weighted by molar-refractivity contribution is 0.414. The van der Waals surface area contributed by atoms with Crippen molar-refractivity contribution in [3.8, 4) is 5.75 Å². The van der Waals surface area contributed by atoms with E-state index in [0.717, 1.165) is 0 Å². The lowest BCUT2D eigenvalue weighted by Gasteiger charge is -2.26. The van der Waals surface area contributed by atoms with Gasteiger partial charge in [-0.05, 0) is 24.3 Å². The summed E-state index contributed by atoms with van der Waals surface area (Å²) in [6.07, 6.45) is 1.40. The molecule has 1 aromatic rings. The van der Waals surface area contributed by atoms with Crippen molar-refractivity contribution < 1.29 is 13.8 Å². The fourth-order valence-electron chi connectivity index (χ4n) is 0.834. The molecule has 68 valence electrons. The van der Waals surface area contributed by atoms with Gasteiger partial charge in [-0.2, -0.15) is 10.6 Å². The molecule has 0 saturated heterocycles. The molecule has 0 aromatic heterocycles. The first-order valence-electron chi connectivity index (χ1n) is 3.41. The Morgan fingerprint density at radius 2 is 1.67 bits per heavy atom. The van der Waals surface area contributed by atoms with E-state index in [0.29, 0.717) is 10.6 Å². The zero-order chi connectivity index (χ0) is 9.19. The van der Waals surface area contributed by atoms with Gasteiger partial charge in [-0.1, -0.05) is 0 Å². The van der Waals surface area contributed by atoms with Crippen LogP contribution < -0.4 is 4.74 Å². The van der Waals surface area contributed by atoms with Gasteiger partial charge in [0.25, 0.3) is 0 Å². The smallest absolute Gasteiger partial charge is 0.118 e. The third kappa shape index (κ3) is 2.14. The minimum Gasteiger partial charge on any atom is -0.497 e. The summed E-state index contributed by atoms with van der Waals surface area (Å²) in [6, 6.07) is 6.70. The van der Waals surface area contributed by atoms with Crippen LogP contribution in [-0.4, -0.2) is 22.5 Å². The van der Waals surface area contributed by atoms with Crippen molar-refractivity contribution in [1.29, 1.82) is 0 Å². The lowest BCUT2D eigenvalue weighted by Crippen LogP contribution is -1.94. The van der Waals surface area contributed by atoms with E-state index in [1.165, 1.54) is 6.26 Å². The van der Waals surface area contributed by atoms with E-state index >= 15 is 0 Å². The van der Waals surface area contributed by atoms with Gasteiger partial charge in [-0.3, -0.25) is 9.11 Å². The summed E-state index contributed by atoms with van der Waals surface area (Å²) < 4.78 is 23.4. The normalized spacial score (nSPS) is 12.7. The van der Waals surface area contributed by atoms with Crippen molar-refractivity contribution >= 4 is 10.6 Å². The van der Waals surface area contributed by atoms with Gasteiger partial charge >= 0.3 is 0 Å². The Bertz CT molecular complexity index is 250. The van der Waals surface area contributed by atoms with E-state index in [4.69, 9.17) is 4.74 Å². The number of hydrogen-bond donors (Lipinski definition) is 2. The van der Waals surface area contributed by atoms with Gasteiger partial charge in [0.2, 0.25) is 0 Å². The molecule has 12 heavy (non-hydrogen) atoms. The maximum atomic E-state index is 9.25. The summed E-state index contributed by atoms with van der Waals surface area (Å²) >= 11 is 0. The van der Waals surface area contributed by atoms with Crippen molar-refractivity contribution in [1.82, 2.24) is 0 Å². The zero-order valence-electron chi connectivity index (χ0n) is 7.02. The zero-order valence-corrected chi connectivity index (χ0v) is 7.84. The monoisotopic (exact) mass is 188 g/mol. The first-order chi connectivity index (χ1) is 5.54. The number of methoxy groups -OCH3 is 1. The van der Waals surface area contributed by atoms with Gasteiger partial charge in [-0.25, -0.2) is 0 Å². The van der Waals surface area contributed by atoms with Crippen molar-refractivity contribution in [2.24, 2.45) is 0 Å². The molecule has 0 unspecified atom stereocenters. The summed E-state index contributed by atoms with van der Waals surface area (Å²) in [5.41, 5.74) is 0. The Balaban J connectivity index is 2.93. The highest BCUT2D eigenvalue weighted by Crippen LogP contribution is 2.44. The van der Waals surface area contributed by atoms with E-state index < -0.39 is 10.6 Å². The van der Waals surface area contributed by atoms with E-state index in [1.807, 2.05) is 0 Å².